The number of aryl methyl sites for hydroxylation is 1. The molecule has 48 heavy (non-hydrogen) atoms. The number of nitrogen functional groups attached to an aromatic ring is 1. The van der Waals surface area contributed by atoms with Crippen LogP contribution in [0.1, 0.15) is 79.5 Å². The number of alkyl halides is 3. The fraction of sp³-hybridized carbons (Fsp3) is 0.543. The molecule has 3 N–H and O–H groups in total. The second kappa shape index (κ2) is 11.5. The standard InChI is InChI=1S/C35H39F3N8O2/c1-19(27-11-21(36)16-45(27)2)47-33-31-28(46(18-42-31)22-13-35(37,38)17-41-15-22)12-26(43-33)30-23-6-4-10-34(32(23)48-44-30)9-3-5-20-7-8-25(40)24(14-39)29(20)34/h7-8,12,18-19,21-22,27,41H,3-6,9-11,13,15-17,40H2,1-2H3. The second-order valence-electron chi connectivity index (χ2n) is 14.1. The maximum Gasteiger partial charge on any atom is 0.262 e. The second-order valence-corrected chi connectivity index (χ2v) is 14.1. The molecule has 2 fully saturated rings. The van der Waals surface area contributed by atoms with E-state index < -0.39 is 29.7 Å². The van der Waals surface area contributed by atoms with E-state index in [4.69, 9.17) is 20.0 Å². The van der Waals surface area contributed by atoms with Crippen molar-refractivity contribution in [2.45, 2.75) is 94.0 Å². The highest BCUT2D eigenvalue weighted by Gasteiger charge is 2.48. The third-order valence-electron chi connectivity index (χ3n) is 11.1. The van der Waals surface area contributed by atoms with Crippen molar-refractivity contribution in [3.63, 3.8) is 0 Å². The third kappa shape index (κ3) is 4.94. The Hall–Kier alpha value is -4.15. The summed E-state index contributed by atoms with van der Waals surface area (Å²) in [6, 6.07) is 7.32. The summed E-state index contributed by atoms with van der Waals surface area (Å²) >= 11 is 0. The summed E-state index contributed by atoms with van der Waals surface area (Å²) < 4.78 is 58.0. The van der Waals surface area contributed by atoms with Gasteiger partial charge in [-0.05, 0) is 82.2 Å². The Labute approximate surface area is 276 Å². The Kier molecular flexibility index (Phi) is 7.45. The number of benzene rings is 1. The van der Waals surface area contributed by atoms with E-state index in [1.165, 1.54) is 0 Å². The number of aromatic nitrogens is 4. The Morgan fingerprint density at radius 2 is 2.04 bits per heavy atom. The van der Waals surface area contributed by atoms with Gasteiger partial charge in [0.25, 0.3) is 5.92 Å². The number of pyridine rings is 1. The minimum absolute atomic E-state index is 0.170. The van der Waals surface area contributed by atoms with Gasteiger partial charge < -0.3 is 24.9 Å². The molecule has 4 aliphatic rings. The van der Waals surface area contributed by atoms with E-state index in [1.807, 2.05) is 37.1 Å². The maximum atomic E-state index is 14.6. The molecule has 1 spiro atoms. The lowest BCUT2D eigenvalue weighted by Gasteiger charge is -2.41. The van der Waals surface area contributed by atoms with Crippen molar-refractivity contribution in [3.8, 4) is 23.3 Å². The van der Waals surface area contributed by atoms with Crippen molar-refractivity contribution in [2.24, 2.45) is 0 Å². The molecule has 2 saturated heterocycles. The number of likely N-dealkylation sites (tertiary alicyclic amines) is 1. The molecule has 0 saturated carbocycles. The number of imidazole rings is 1. The lowest BCUT2D eigenvalue weighted by molar-refractivity contribution is -0.0360. The number of likely N-dealkylation sites (N-methyl/N-ethyl adjacent to an activating group) is 1. The molecule has 5 unspecified atom stereocenters. The minimum Gasteiger partial charge on any atom is -0.471 e. The first-order valence-electron chi connectivity index (χ1n) is 16.9. The molecular formula is C35H39F3N8O2. The first-order valence-corrected chi connectivity index (χ1v) is 16.9. The number of nitrogens with two attached hydrogens (primary N) is 1. The van der Waals surface area contributed by atoms with Gasteiger partial charge in [0.2, 0.25) is 5.88 Å². The van der Waals surface area contributed by atoms with Crippen LogP contribution in [-0.2, 0) is 18.3 Å². The van der Waals surface area contributed by atoms with E-state index in [9.17, 15) is 18.4 Å². The zero-order chi connectivity index (χ0) is 33.4. The van der Waals surface area contributed by atoms with Crippen molar-refractivity contribution in [3.05, 3.63) is 52.5 Å². The number of piperidine rings is 1. The van der Waals surface area contributed by atoms with Crippen LogP contribution < -0.4 is 15.8 Å². The van der Waals surface area contributed by atoms with Gasteiger partial charge in [0.1, 0.15) is 24.0 Å². The van der Waals surface area contributed by atoms with Gasteiger partial charge in [0, 0.05) is 36.8 Å². The van der Waals surface area contributed by atoms with Crippen LogP contribution in [-0.4, -0.2) is 75.5 Å². The molecule has 5 heterocycles. The minimum atomic E-state index is -2.86. The van der Waals surface area contributed by atoms with Gasteiger partial charge in [0.05, 0.1) is 41.1 Å². The molecule has 0 radical (unpaired) electrons. The molecule has 10 nitrogen and oxygen atoms in total. The highest BCUT2D eigenvalue weighted by atomic mass is 19.3. The van der Waals surface area contributed by atoms with Crippen LogP contribution >= 0.6 is 0 Å². The highest BCUT2D eigenvalue weighted by Crippen LogP contribution is 2.53. The first kappa shape index (κ1) is 31.1. The molecule has 8 rings (SSSR count). The zero-order valence-electron chi connectivity index (χ0n) is 27.1. The van der Waals surface area contributed by atoms with Gasteiger partial charge in [-0.2, -0.15) is 5.26 Å². The van der Waals surface area contributed by atoms with Gasteiger partial charge in [-0.15, -0.1) is 0 Å². The van der Waals surface area contributed by atoms with E-state index in [0.29, 0.717) is 59.6 Å². The van der Waals surface area contributed by atoms with E-state index in [-0.39, 0.29) is 24.9 Å². The molecule has 3 aromatic heterocycles. The van der Waals surface area contributed by atoms with Crippen molar-refractivity contribution in [1.82, 2.24) is 29.9 Å². The number of rotatable bonds is 5. The molecule has 13 heteroatoms. The normalized spacial score (nSPS) is 27.5. The first-order chi connectivity index (χ1) is 23.1. The van der Waals surface area contributed by atoms with Crippen molar-refractivity contribution in [1.29, 1.82) is 5.26 Å². The van der Waals surface area contributed by atoms with Crippen LogP contribution in [0.5, 0.6) is 5.88 Å². The summed E-state index contributed by atoms with van der Waals surface area (Å²) in [6.07, 6.45) is 5.17. The Morgan fingerprint density at radius 1 is 1.23 bits per heavy atom. The number of anilines is 1. The summed E-state index contributed by atoms with van der Waals surface area (Å²) in [5.41, 5.74) is 11.8. The number of hydrogen-bond donors (Lipinski definition) is 2. The maximum absolute atomic E-state index is 14.6. The predicted molar refractivity (Wildman–Crippen MR) is 173 cm³/mol. The molecule has 0 bridgehead atoms. The highest BCUT2D eigenvalue weighted by molar-refractivity contribution is 5.85. The van der Waals surface area contributed by atoms with Crippen LogP contribution in [0.3, 0.4) is 0 Å². The lowest BCUT2D eigenvalue weighted by Crippen LogP contribution is -2.44. The van der Waals surface area contributed by atoms with Crippen LogP contribution in [0.15, 0.2) is 29.0 Å². The van der Waals surface area contributed by atoms with E-state index >= 15 is 0 Å². The topological polar surface area (TPSA) is 131 Å². The summed E-state index contributed by atoms with van der Waals surface area (Å²) in [5, 5.41) is 17.7. The number of nitrogens with one attached hydrogen (secondary N) is 1. The van der Waals surface area contributed by atoms with Gasteiger partial charge in [-0.25, -0.2) is 23.1 Å². The van der Waals surface area contributed by atoms with E-state index in [0.717, 1.165) is 54.6 Å². The number of hydrogen-bond acceptors (Lipinski definition) is 9. The molecule has 1 aromatic carbocycles. The van der Waals surface area contributed by atoms with Gasteiger partial charge in [-0.3, -0.25) is 4.90 Å². The Balaban J connectivity index is 1.26. The number of halogens is 3. The van der Waals surface area contributed by atoms with Crippen LogP contribution in [0.4, 0.5) is 18.9 Å². The molecule has 4 aromatic rings. The molecule has 5 atom stereocenters. The SMILES string of the molecule is CC(Oc1nc(-c2noc3c2CCCC32CCCc3ccc(N)c(C#N)c32)cc2c1ncn2C1CNCC(F)(F)C1)C1CC(F)CN1C. The van der Waals surface area contributed by atoms with Gasteiger partial charge >= 0.3 is 0 Å². The largest absolute Gasteiger partial charge is 0.471 e. The predicted octanol–water partition coefficient (Wildman–Crippen LogP) is 5.48. The zero-order valence-corrected chi connectivity index (χ0v) is 27.1. The van der Waals surface area contributed by atoms with Crippen LogP contribution in [0.25, 0.3) is 22.4 Å². The monoisotopic (exact) mass is 660 g/mol. The summed E-state index contributed by atoms with van der Waals surface area (Å²) in [7, 11) is 1.88. The lowest BCUT2D eigenvalue weighted by atomic mass is 9.61. The third-order valence-corrected chi connectivity index (χ3v) is 11.1. The fourth-order valence-corrected chi connectivity index (χ4v) is 8.89. The molecular weight excluding hydrogens is 621 g/mol. The average molecular weight is 661 g/mol. The van der Waals surface area contributed by atoms with Gasteiger partial charge in [0.15, 0.2) is 11.3 Å². The van der Waals surface area contributed by atoms with E-state index in [1.54, 1.807) is 10.9 Å². The Bertz CT molecular complexity index is 1930. The average Bonchev–Trinajstić information content (AvgIpc) is 3.78. The quantitative estimate of drug-likeness (QED) is 0.267. The fourth-order valence-electron chi connectivity index (χ4n) is 8.89. The number of nitriles is 1. The van der Waals surface area contributed by atoms with Crippen LogP contribution in [0, 0.1) is 11.3 Å². The smallest absolute Gasteiger partial charge is 0.262 e. The summed E-state index contributed by atoms with van der Waals surface area (Å²) in [5.74, 6) is -1.89. The van der Waals surface area contributed by atoms with Gasteiger partial charge in [-0.1, -0.05) is 11.2 Å². The molecule has 252 valence electrons. The molecule has 2 aliphatic carbocycles. The van der Waals surface area contributed by atoms with Crippen LogP contribution in [0.2, 0.25) is 0 Å². The number of nitrogens with zero attached hydrogens (tertiary/aromatic N) is 6. The van der Waals surface area contributed by atoms with E-state index in [2.05, 4.69) is 21.5 Å². The number of ether oxygens (including phenoxy) is 1. The van der Waals surface area contributed by atoms with Crippen molar-refractivity contribution in [2.75, 3.05) is 32.4 Å². The summed E-state index contributed by atoms with van der Waals surface area (Å²) in [6.45, 7) is 2.21. The van der Waals surface area contributed by atoms with Crippen molar-refractivity contribution >= 4 is 16.7 Å². The molecule has 2 aliphatic heterocycles. The Morgan fingerprint density at radius 3 is 2.79 bits per heavy atom. The number of fused-ring (bicyclic) bond motifs is 5. The summed E-state index contributed by atoms with van der Waals surface area (Å²) in [4.78, 5) is 11.5. The van der Waals surface area contributed by atoms with Crippen molar-refractivity contribution < 1.29 is 22.4 Å². The molecule has 0 amide bonds.